The molecule has 3 nitrogen and oxygen atoms in total. The van der Waals surface area contributed by atoms with E-state index in [-0.39, 0.29) is 11.8 Å². The second-order valence-electron chi connectivity index (χ2n) is 6.28. The Hall–Kier alpha value is -2.43. The number of nitrogens with one attached hydrogen (secondary N) is 1. The Labute approximate surface area is 158 Å². The highest BCUT2D eigenvalue weighted by molar-refractivity contribution is 7.12. The van der Waals surface area contributed by atoms with Gasteiger partial charge in [-0.05, 0) is 36.6 Å². The highest BCUT2D eigenvalue weighted by Gasteiger charge is 2.22. The minimum Gasteiger partial charge on any atom is -0.388 e. The van der Waals surface area contributed by atoms with Gasteiger partial charge in [0.25, 0.3) is 0 Å². The van der Waals surface area contributed by atoms with Crippen molar-refractivity contribution in [2.24, 2.45) is 0 Å². The second-order valence-corrected chi connectivity index (χ2v) is 7.48. The SMILES string of the molecule is C[C@@H](O)c1ccc(CCNC(=O)C(c2ccccc2)c2ccccc2)s1. The molecule has 0 aliphatic rings. The number of amides is 1. The largest absolute Gasteiger partial charge is 0.388 e. The number of hydrogen-bond acceptors (Lipinski definition) is 3. The number of rotatable bonds is 7. The molecule has 2 aromatic carbocycles. The van der Waals surface area contributed by atoms with E-state index in [0.29, 0.717) is 6.54 Å². The van der Waals surface area contributed by atoms with E-state index in [4.69, 9.17) is 0 Å². The van der Waals surface area contributed by atoms with Crippen LogP contribution in [0.25, 0.3) is 0 Å². The number of hydrogen-bond donors (Lipinski definition) is 2. The van der Waals surface area contributed by atoms with Gasteiger partial charge in [0.05, 0.1) is 12.0 Å². The summed E-state index contributed by atoms with van der Waals surface area (Å²) >= 11 is 1.59. The van der Waals surface area contributed by atoms with E-state index in [1.807, 2.05) is 72.8 Å². The monoisotopic (exact) mass is 365 g/mol. The fourth-order valence-electron chi connectivity index (χ4n) is 2.95. The van der Waals surface area contributed by atoms with Gasteiger partial charge in [0, 0.05) is 16.3 Å². The molecule has 0 aliphatic carbocycles. The molecule has 4 heteroatoms. The van der Waals surface area contributed by atoms with Gasteiger partial charge in [0.2, 0.25) is 5.91 Å². The number of aliphatic hydroxyl groups is 1. The van der Waals surface area contributed by atoms with Crippen molar-refractivity contribution in [3.8, 4) is 0 Å². The molecule has 0 aliphatic heterocycles. The van der Waals surface area contributed by atoms with Gasteiger partial charge in [-0.1, -0.05) is 60.7 Å². The summed E-state index contributed by atoms with van der Waals surface area (Å²) in [6, 6.07) is 23.7. The van der Waals surface area contributed by atoms with Gasteiger partial charge in [-0.25, -0.2) is 0 Å². The summed E-state index contributed by atoms with van der Waals surface area (Å²) in [6.45, 7) is 2.34. The highest BCUT2D eigenvalue weighted by Crippen LogP contribution is 2.25. The Morgan fingerprint density at radius 1 is 0.962 bits per heavy atom. The van der Waals surface area contributed by atoms with E-state index in [1.165, 1.54) is 0 Å². The maximum Gasteiger partial charge on any atom is 0.232 e. The lowest BCUT2D eigenvalue weighted by Gasteiger charge is -2.17. The third-order valence-electron chi connectivity index (χ3n) is 4.29. The van der Waals surface area contributed by atoms with Crippen molar-refractivity contribution in [1.29, 1.82) is 0 Å². The van der Waals surface area contributed by atoms with Crippen LogP contribution in [0.2, 0.25) is 0 Å². The van der Waals surface area contributed by atoms with Crippen molar-refractivity contribution in [2.75, 3.05) is 6.54 Å². The van der Waals surface area contributed by atoms with Crippen LogP contribution < -0.4 is 5.32 Å². The summed E-state index contributed by atoms with van der Waals surface area (Å²) in [6.07, 6.45) is 0.322. The number of carbonyl (C=O) groups is 1. The predicted molar refractivity (Wildman–Crippen MR) is 106 cm³/mol. The molecule has 2 N–H and O–H groups in total. The van der Waals surface area contributed by atoms with E-state index in [1.54, 1.807) is 18.3 Å². The molecule has 1 heterocycles. The molecule has 1 amide bonds. The van der Waals surface area contributed by atoms with Crippen molar-refractivity contribution < 1.29 is 9.90 Å². The van der Waals surface area contributed by atoms with Gasteiger partial charge in [-0.3, -0.25) is 4.79 Å². The number of thiophene rings is 1. The zero-order valence-electron chi connectivity index (χ0n) is 14.8. The zero-order chi connectivity index (χ0) is 18.4. The Morgan fingerprint density at radius 3 is 2.04 bits per heavy atom. The first kappa shape index (κ1) is 18.4. The molecule has 134 valence electrons. The molecule has 26 heavy (non-hydrogen) atoms. The first-order valence-corrected chi connectivity index (χ1v) is 9.61. The Morgan fingerprint density at radius 2 is 1.54 bits per heavy atom. The quantitative estimate of drug-likeness (QED) is 0.656. The van der Waals surface area contributed by atoms with Crippen molar-refractivity contribution in [3.05, 3.63) is 93.7 Å². The summed E-state index contributed by atoms with van der Waals surface area (Å²) in [5.41, 5.74) is 1.98. The maximum absolute atomic E-state index is 12.9. The van der Waals surface area contributed by atoms with Gasteiger partial charge < -0.3 is 10.4 Å². The fraction of sp³-hybridized carbons (Fsp3) is 0.227. The minimum absolute atomic E-state index is 0.00899. The van der Waals surface area contributed by atoms with Crippen LogP contribution in [0, 0.1) is 0 Å². The van der Waals surface area contributed by atoms with Crippen LogP contribution in [0.1, 0.15) is 39.8 Å². The summed E-state index contributed by atoms with van der Waals surface area (Å²) in [5, 5.41) is 12.7. The van der Waals surface area contributed by atoms with E-state index in [0.717, 1.165) is 27.3 Å². The van der Waals surface area contributed by atoms with Crippen LogP contribution in [0.4, 0.5) is 0 Å². The molecule has 0 saturated carbocycles. The lowest BCUT2D eigenvalue weighted by atomic mass is 9.90. The summed E-state index contributed by atoms with van der Waals surface area (Å²) < 4.78 is 0. The molecule has 0 unspecified atom stereocenters. The summed E-state index contributed by atoms with van der Waals surface area (Å²) in [7, 11) is 0. The molecule has 0 saturated heterocycles. The van der Waals surface area contributed by atoms with E-state index >= 15 is 0 Å². The van der Waals surface area contributed by atoms with Crippen LogP contribution in [0.15, 0.2) is 72.8 Å². The van der Waals surface area contributed by atoms with Crippen molar-refractivity contribution >= 4 is 17.2 Å². The minimum atomic E-state index is -0.441. The molecular formula is C22H23NO2S. The first-order valence-electron chi connectivity index (χ1n) is 8.79. The molecule has 3 aromatic rings. The van der Waals surface area contributed by atoms with Gasteiger partial charge >= 0.3 is 0 Å². The molecule has 0 spiro atoms. The Bertz CT molecular complexity index is 788. The van der Waals surface area contributed by atoms with Crippen LogP contribution >= 0.6 is 11.3 Å². The van der Waals surface area contributed by atoms with Crippen LogP contribution in [-0.2, 0) is 11.2 Å². The van der Waals surface area contributed by atoms with Crippen molar-refractivity contribution in [1.82, 2.24) is 5.32 Å². The maximum atomic E-state index is 12.9. The third kappa shape index (κ3) is 4.59. The molecule has 3 rings (SSSR count). The van der Waals surface area contributed by atoms with Gasteiger partial charge in [-0.15, -0.1) is 11.3 Å². The molecule has 0 bridgehead atoms. The van der Waals surface area contributed by atoms with Crippen LogP contribution in [0.5, 0.6) is 0 Å². The second kappa shape index (κ2) is 8.79. The predicted octanol–water partition coefficient (Wildman–Crippen LogP) is 4.29. The summed E-state index contributed by atoms with van der Waals surface area (Å²) in [4.78, 5) is 15.0. The zero-order valence-corrected chi connectivity index (χ0v) is 15.6. The van der Waals surface area contributed by atoms with E-state index < -0.39 is 6.10 Å². The molecule has 0 fully saturated rings. The van der Waals surface area contributed by atoms with Gasteiger partial charge in [0.1, 0.15) is 0 Å². The Kier molecular flexibility index (Phi) is 6.21. The average molecular weight is 365 g/mol. The van der Waals surface area contributed by atoms with Crippen molar-refractivity contribution in [2.45, 2.75) is 25.4 Å². The molecule has 1 atom stereocenters. The van der Waals surface area contributed by atoms with E-state index in [9.17, 15) is 9.90 Å². The summed E-state index contributed by atoms with van der Waals surface area (Å²) in [5.74, 6) is -0.302. The van der Waals surface area contributed by atoms with Crippen molar-refractivity contribution in [3.63, 3.8) is 0 Å². The normalized spacial score (nSPS) is 12.1. The molecule has 0 radical (unpaired) electrons. The average Bonchev–Trinajstić information content (AvgIpc) is 3.13. The Balaban J connectivity index is 1.68. The molecular weight excluding hydrogens is 342 g/mol. The lowest BCUT2D eigenvalue weighted by Crippen LogP contribution is -2.31. The topological polar surface area (TPSA) is 49.3 Å². The lowest BCUT2D eigenvalue weighted by molar-refractivity contribution is -0.121. The first-order chi connectivity index (χ1) is 12.6. The van der Waals surface area contributed by atoms with Crippen LogP contribution in [0.3, 0.4) is 0 Å². The third-order valence-corrected chi connectivity index (χ3v) is 5.61. The number of aliphatic hydroxyl groups excluding tert-OH is 1. The fourth-order valence-corrected chi connectivity index (χ4v) is 3.90. The smallest absolute Gasteiger partial charge is 0.232 e. The van der Waals surface area contributed by atoms with Gasteiger partial charge in [0.15, 0.2) is 0 Å². The van der Waals surface area contributed by atoms with E-state index in [2.05, 4.69) is 5.32 Å². The highest BCUT2D eigenvalue weighted by atomic mass is 32.1. The molecule has 1 aromatic heterocycles. The number of carbonyl (C=O) groups excluding carboxylic acids is 1. The van der Waals surface area contributed by atoms with Gasteiger partial charge in [-0.2, -0.15) is 0 Å². The number of benzene rings is 2. The standard InChI is InChI=1S/C22H23NO2S/c1-16(24)20-13-12-19(26-20)14-15-23-22(25)21(17-8-4-2-5-9-17)18-10-6-3-7-11-18/h2-13,16,21,24H,14-15H2,1H3,(H,23,25)/t16-/m1/s1. The van der Waals surface area contributed by atoms with Crippen LogP contribution in [-0.4, -0.2) is 17.6 Å².